The van der Waals surface area contributed by atoms with Crippen LogP contribution in [-0.4, -0.2) is 4.98 Å². The van der Waals surface area contributed by atoms with Crippen molar-refractivity contribution < 1.29 is 4.42 Å². The van der Waals surface area contributed by atoms with E-state index in [1.165, 1.54) is 5.56 Å². The summed E-state index contributed by atoms with van der Waals surface area (Å²) < 4.78 is 6.67. The maximum Gasteiger partial charge on any atom is 0.227 e. The molecule has 0 spiro atoms. The van der Waals surface area contributed by atoms with E-state index in [2.05, 4.69) is 251 Å². The van der Waals surface area contributed by atoms with Crippen LogP contribution in [0.1, 0.15) is 0 Å². The molecule has 0 N–H and O–H groups in total. The van der Waals surface area contributed by atoms with E-state index in [9.17, 15) is 0 Å². The molecule has 0 fully saturated rings. The smallest absolute Gasteiger partial charge is 0.227 e. The summed E-state index contributed by atoms with van der Waals surface area (Å²) in [5, 5.41) is 4.35. The van der Waals surface area contributed by atoms with E-state index in [0.717, 1.165) is 95.0 Å². The zero-order chi connectivity index (χ0) is 45.2. The normalized spacial score (nSPS) is 11.2. The highest BCUT2D eigenvalue weighted by molar-refractivity contribution is 6.18. The standard InChI is InChI=1S/C63H44N4O/c1-6-18-45(19-7-1)46-34-38-53(39-35-46)67(58-40-36-47-32-33-48-37-41-60-62(61(48)59(47)44-58)68-63(64-60)49-20-8-2-9-21-49)57-31-17-30-56(43-57)66(52-26-14-5-15-27-52)55-29-16-28-54(42-55)65(50-22-10-3-11-23-50)51-24-12-4-13-25-51/h1-44H. The van der Waals surface area contributed by atoms with E-state index in [1.54, 1.807) is 0 Å². The number of oxazole rings is 1. The van der Waals surface area contributed by atoms with Gasteiger partial charge >= 0.3 is 0 Å². The summed E-state index contributed by atoms with van der Waals surface area (Å²) in [4.78, 5) is 12.0. The molecule has 1 heterocycles. The van der Waals surface area contributed by atoms with Crippen LogP contribution < -0.4 is 14.7 Å². The number of nitrogens with zero attached hydrogens (tertiary/aromatic N) is 4. The van der Waals surface area contributed by atoms with Gasteiger partial charge in [-0.2, -0.15) is 0 Å². The number of rotatable bonds is 11. The molecule has 0 aliphatic heterocycles. The number of hydrogen-bond acceptors (Lipinski definition) is 5. The molecule has 12 rings (SSSR count). The molecule has 0 amide bonds. The minimum absolute atomic E-state index is 0.611. The second-order valence-electron chi connectivity index (χ2n) is 16.8. The Labute approximate surface area is 395 Å². The molecular weight excluding hydrogens is 829 g/mol. The van der Waals surface area contributed by atoms with Crippen LogP contribution in [0.25, 0.3) is 55.2 Å². The first kappa shape index (κ1) is 40.3. The third kappa shape index (κ3) is 7.68. The molecule has 0 saturated carbocycles. The molecule has 5 nitrogen and oxygen atoms in total. The van der Waals surface area contributed by atoms with Crippen LogP contribution in [0.3, 0.4) is 0 Å². The summed E-state index contributed by atoms with van der Waals surface area (Å²) in [5.41, 5.74) is 14.3. The molecule has 11 aromatic carbocycles. The predicted octanol–water partition coefficient (Wildman–Crippen LogP) is 17.9. The molecule has 322 valence electrons. The summed E-state index contributed by atoms with van der Waals surface area (Å²) >= 11 is 0. The van der Waals surface area contributed by atoms with Gasteiger partial charge in [0.2, 0.25) is 5.89 Å². The van der Waals surface area contributed by atoms with Gasteiger partial charge in [-0.3, -0.25) is 0 Å². The molecule has 68 heavy (non-hydrogen) atoms. The fourth-order valence-electron chi connectivity index (χ4n) is 9.40. The van der Waals surface area contributed by atoms with Crippen LogP contribution in [0.4, 0.5) is 51.2 Å². The van der Waals surface area contributed by atoms with E-state index in [0.29, 0.717) is 5.89 Å². The highest BCUT2D eigenvalue weighted by Gasteiger charge is 2.21. The fraction of sp³-hybridized carbons (Fsp3) is 0. The van der Waals surface area contributed by atoms with E-state index < -0.39 is 0 Å². The second-order valence-corrected chi connectivity index (χ2v) is 16.8. The lowest BCUT2D eigenvalue weighted by molar-refractivity contribution is 0.623. The van der Waals surface area contributed by atoms with Gasteiger partial charge in [-0.15, -0.1) is 0 Å². The average molecular weight is 873 g/mol. The van der Waals surface area contributed by atoms with E-state index in [4.69, 9.17) is 9.40 Å². The molecule has 5 heteroatoms. The van der Waals surface area contributed by atoms with Gasteiger partial charge in [-0.25, -0.2) is 4.98 Å². The van der Waals surface area contributed by atoms with Gasteiger partial charge in [0.1, 0.15) is 5.52 Å². The molecular formula is C63H44N4O. The van der Waals surface area contributed by atoms with Crippen LogP contribution in [0.5, 0.6) is 0 Å². The number of hydrogen-bond donors (Lipinski definition) is 0. The molecule has 0 unspecified atom stereocenters. The minimum Gasteiger partial charge on any atom is -0.435 e. The summed E-state index contributed by atoms with van der Waals surface area (Å²) in [6.45, 7) is 0. The second kappa shape index (κ2) is 17.7. The van der Waals surface area contributed by atoms with E-state index >= 15 is 0 Å². The quantitative estimate of drug-likeness (QED) is 0.121. The maximum absolute atomic E-state index is 6.67. The zero-order valence-corrected chi connectivity index (χ0v) is 37.1. The first-order valence-electron chi connectivity index (χ1n) is 22.9. The van der Waals surface area contributed by atoms with Gasteiger partial charge in [0, 0.05) is 62.1 Å². The minimum atomic E-state index is 0.611. The SMILES string of the molecule is c1ccc(-c2ccc(N(c3cccc(N(c4ccccc4)c4cccc(N(c5ccccc5)c5ccccc5)c4)c3)c3ccc4ccc5ccc6nc(-c7ccccc7)oc6c5c4c3)cc2)cc1. The summed E-state index contributed by atoms with van der Waals surface area (Å²) in [5.74, 6) is 0.611. The number of benzene rings is 11. The van der Waals surface area contributed by atoms with Crippen molar-refractivity contribution in [3.05, 3.63) is 267 Å². The molecule has 0 aliphatic carbocycles. The van der Waals surface area contributed by atoms with Gasteiger partial charge < -0.3 is 19.1 Å². The lowest BCUT2D eigenvalue weighted by Gasteiger charge is -2.31. The molecule has 0 atom stereocenters. The van der Waals surface area contributed by atoms with Crippen molar-refractivity contribution in [1.29, 1.82) is 0 Å². The van der Waals surface area contributed by atoms with Crippen LogP contribution in [0.2, 0.25) is 0 Å². The first-order chi connectivity index (χ1) is 33.7. The summed E-state index contributed by atoms with van der Waals surface area (Å²) in [6, 6.07) is 94.3. The number of aromatic nitrogens is 1. The Morgan fingerprint density at radius 2 is 0.647 bits per heavy atom. The Morgan fingerprint density at radius 1 is 0.279 bits per heavy atom. The van der Waals surface area contributed by atoms with Crippen molar-refractivity contribution in [2.24, 2.45) is 0 Å². The largest absolute Gasteiger partial charge is 0.435 e. The number of para-hydroxylation sites is 3. The zero-order valence-electron chi connectivity index (χ0n) is 37.1. The molecule has 0 radical (unpaired) electrons. The van der Waals surface area contributed by atoms with Gasteiger partial charge in [0.25, 0.3) is 0 Å². The van der Waals surface area contributed by atoms with Gasteiger partial charge in [0.05, 0.1) is 0 Å². The highest BCUT2D eigenvalue weighted by atomic mass is 16.3. The summed E-state index contributed by atoms with van der Waals surface area (Å²) in [7, 11) is 0. The van der Waals surface area contributed by atoms with Gasteiger partial charge in [-0.05, 0) is 143 Å². The Kier molecular flexibility index (Phi) is 10.5. The third-order valence-electron chi connectivity index (χ3n) is 12.6. The fourth-order valence-corrected chi connectivity index (χ4v) is 9.40. The third-order valence-corrected chi connectivity index (χ3v) is 12.6. The Bertz CT molecular complexity index is 3630. The molecule has 12 aromatic rings. The Morgan fingerprint density at radius 3 is 1.18 bits per heavy atom. The lowest BCUT2D eigenvalue weighted by Crippen LogP contribution is -2.14. The molecule has 0 bridgehead atoms. The Hall–Kier alpha value is -9.19. The van der Waals surface area contributed by atoms with Crippen LogP contribution in [0.15, 0.2) is 271 Å². The maximum atomic E-state index is 6.67. The van der Waals surface area contributed by atoms with E-state index in [-0.39, 0.29) is 0 Å². The highest BCUT2D eigenvalue weighted by Crippen LogP contribution is 2.45. The average Bonchev–Trinajstić information content (AvgIpc) is 3.86. The van der Waals surface area contributed by atoms with Gasteiger partial charge in [0.15, 0.2) is 5.58 Å². The molecule has 0 saturated heterocycles. The Balaban J connectivity index is 1.02. The van der Waals surface area contributed by atoms with E-state index in [1.807, 2.05) is 30.3 Å². The predicted molar refractivity (Wildman–Crippen MR) is 284 cm³/mol. The number of fused-ring (bicyclic) bond motifs is 5. The van der Waals surface area contributed by atoms with Crippen LogP contribution in [-0.2, 0) is 0 Å². The van der Waals surface area contributed by atoms with Crippen molar-refractivity contribution >= 4 is 83.8 Å². The first-order valence-corrected chi connectivity index (χ1v) is 22.9. The van der Waals surface area contributed by atoms with Crippen molar-refractivity contribution in [3.63, 3.8) is 0 Å². The van der Waals surface area contributed by atoms with Crippen molar-refractivity contribution in [3.8, 4) is 22.6 Å². The molecule has 0 aliphatic rings. The van der Waals surface area contributed by atoms with Crippen molar-refractivity contribution in [2.75, 3.05) is 14.7 Å². The van der Waals surface area contributed by atoms with Crippen molar-refractivity contribution in [1.82, 2.24) is 4.98 Å². The van der Waals surface area contributed by atoms with Crippen LogP contribution >= 0.6 is 0 Å². The lowest BCUT2D eigenvalue weighted by atomic mass is 10.00. The molecule has 1 aromatic heterocycles. The van der Waals surface area contributed by atoms with Crippen molar-refractivity contribution in [2.45, 2.75) is 0 Å². The monoisotopic (exact) mass is 872 g/mol. The topological polar surface area (TPSA) is 35.8 Å². The summed E-state index contributed by atoms with van der Waals surface area (Å²) in [6.07, 6.45) is 0. The van der Waals surface area contributed by atoms with Gasteiger partial charge in [-0.1, -0.05) is 152 Å². The van der Waals surface area contributed by atoms with Crippen LogP contribution in [0, 0.1) is 0 Å². The number of anilines is 9.